The summed E-state index contributed by atoms with van der Waals surface area (Å²) in [6, 6.07) is 14.2. The van der Waals surface area contributed by atoms with Crippen LogP contribution in [0.5, 0.6) is 5.75 Å². The monoisotopic (exact) mass is 465 g/mol. The summed E-state index contributed by atoms with van der Waals surface area (Å²) in [4.78, 5) is 11.9. The van der Waals surface area contributed by atoms with E-state index in [2.05, 4.69) is 16.0 Å². The number of rotatable bonds is 6. The number of fused-ring (bicyclic) bond motifs is 1. The van der Waals surface area contributed by atoms with Crippen molar-refractivity contribution >= 4 is 28.4 Å². The second-order valence-electron chi connectivity index (χ2n) is 9.15. The smallest absolute Gasteiger partial charge is 0.411 e. The highest BCUT2D eigenvalue weighted by Crippen LogP contribution is 2.45. The lowest BCUT2D eigenvalue weighted by molar-refractivity contribution is -0.143. The zero-order valence-corrected chi connectivity index (χ0v) is 19.6. The van der Waals surface area contributed by atoms with Crippen LogP contribution in [0.1, 0.15) is 39.2 Å². The Balaban J connectivity index is 1.47. The summed E-state index contributed by atoms with van der Waals surface area (Å²) >= 11 is 0. The summed E-state index contributed by atoms with van der Waals surface area (Å²) < 4.78 is 24.4. The van der Waals surface area contributed by atoms with Crippen LogP contribution in [0.2, 0.25) is 0 Å². The highest BCUT2D eigenvalue weighted by molar-refractivity contribution is 6.01. The Labute approximate surface area is 198 Å². The molecule has 2 aromatic carbocycles. The Hall–Kier alpha value is -3.23. The molecule has 5 rings (SSSR count). The van der Waals surface area contributed by atoms with Gasteiger partial charge in [-0.05, 0) is 57.4 Å². The van der Waals surface area contributed by atoms with E-state index in [1.165, 1.54) is 6.42 Å². The minimum Gasteiger partial charge on any atom is -0.486 e. The molecule has 2 fully saturated rings. The SMILES string of the molecule is CC(C)OC(=O)Nc1ccc(-c2c(N)c3ccc(OC4COCOC4)cc3n2C2CCC2)cc1. The molecule has 8 nitrogen and oxygen atoms in total. The number of nitrogens with two attached hydrogens (primary N) is 1. The number of benzene rings is 2. The summed E-state index contributed by atoms with van der Waals surface area (Å²) in [6.45, 7) is 4.98. The van der Waals surface area contributed by atoms with Crippen LogP contribution in [0.25, 0.3) is 22.2 Å². The van der Waals surface area contributed by atoms with Crippen molar-refractivity contribution in [1.29, 1.82) is 0 Å². The predicted molar refractivity (Wildman–Crippen MR) is 131 cm³/mol. The summed E-state index contributed by atoms with van der Waals surface area (Å²) in [5.74, 6) is 0.777. The minimum atomic E-state index is -0.466. The molecular formula is C26H31N3O5. The van der Waals surface area contributed by atoms with Crippen LogP contribution in [0.3, 0.4) is 0 Å². The number of nitrogen functional groups attached to an aromatic ring is 1. The minimum absolute atomic E-state index is 0.127. The van der Waals surface area contributed by atoms with Crippen molar-refractivity contribution in [2.45, 2.75) is 51.4 Å². The van der Waals surface area contributed by atoms with Crippen molar-refractivity contribution < 1.29 is 23.7 Å². The molecule has 34 heavy (non-hydrogen) atoms. The first-order chi connectivity index (χ1) is 16.5. The summed E-state index contributed by atoms with van der Waals surface area (Å²) in [5, 5.41) is 3.77. The van der Waals surface area contributed by atoms with E-state index in [1.807, 2.05) is 50.2 Å². The van der Waals surface area contributed by atoms with E-state index in [0.29, 0.717) is 31.7 Å². The lowest BCUT2D eigenvalue weighted by Gasteiger charge is -2.30. The molecule has 0 spiro atoms. The first-order valence-corrected chi connectivity index (χ1v) is 11.8. The first kappa shape index (κ1) is 22.6. The number of hydrogen-bond donors (Lipinski definition) is 2. The third-order valence-electron chi connectivity index (χ3n) is 6.28. The van der Waals surface area contributed by atoms with Gasteiger partial charge in [-0.3, -0.25) is 5.32 Å². The lowest BCUT2D eigenvalue weighted by atomic mass is 9.92. The van der Waals surface area contributed by atoms with Crippen LogP contribution < -0.4 is 15.8 Å². The third kappa shape index (κ3) is 4.56. The van der Waals surface area contributed by atoms with Crippen molar-refractivity contribution in [1.82, 2.24) is 4.57 Å². The summed E-state index contributed by atoms with van der Waals surface area (Å²) in [7, 11) is 0. The number of ether oxygens (including phenoxy) is 4. The fourth-order valence-corrected chi connectivity index (χ4v) is 4.51. The van der Waals surface area contributed by atoms with Crippen molar-refractivity contribution in [3.8, 4) is 17.0 Å². The number of aromatic nitrogens is 1. The average molecular weight is 466 g/mol. The van der Waals surface area contributed by atoms with Crippen LogP contribution in [-0.4, -0.2) is 42.9 Å². The van der Waals surface area contributed by atoms with Crippen LogP contribution in [0.15, 0.2) is 42.5 Å². The van der Waals surface area contributed by atoms with Crippen molar-refractivity contribution in [2.75, 3.05) is 31.1 Å². The fraction of sp³-hybridized carbons (Fsp3) is 0.423. The molecule has 3 N–H and O–H groups in total. The first-order valence-electron chi connectivity index (χ1n) is 11.8. The molecule has 0 atom stereocenters. The second kappa shape index (κ2) is 9.56. The molecule has 1 aromatic heterocycles. The van der Waals surface area contributed by atoms with Crippen molar-refractivity contribution in [3.63, 3.8) is 0 Å². The molecule has 1 amide bonds. The van der Waals surface area contributed by atoms with Crippen molar-refractivity contribution in [2.24, 2.45) is 0 Å². The Morgan fingerprint density at radius 3 is 2.50 bits per heavy atom. The highest BCUT2D eigenvalue weighted by atomic mass is 16.7. The van der Waals surface area contributed by atoms with E-state index in [-0.39, 0.29) is 12.2 Å². The molecule has 1 aliphatic heterocycles. The molecule has 2 aliphatic rings. The predicted octanol–water partition coefficient (Wildman–Crippen LogP) is 5.32. The Morgan fingerprint density at radius 2 is 1.85 bits per heavy atom. The van der Waals surface area contributed by atoms with Crippen LogP contribution in [-0.2, 0) is 14.2 Å². The number of carbonyl (C=O) groups is 1. The van der Waals surface area contributed by atoms with Crippen LogP contribution >= 0.6 is 0 Å². The van der Waals surface area contributed by atoms with Gasteiger partial charge in [-0.25, -0.2) is 4.79 Å². The van der Waals surface area contributed by atoms with Gasteiger partial charge >= 0.3 is 6.09 Å². The molecule has 2 heterocycles. The zero-order valence-electron chi connectivity index (χ0n) is 19.6. The number of nitrogens with zero attached hydrogens (tertiary/aromatic N) is 1. The van der Waals surface area contributed by atoms with Gasteiger partial charge in [-0.1, -0.05) is 12.1 Å². The molecule has 0 unspecified atom stereocenters. The molecule has 0 radical (unpaired) electrons. The zero-order chi connectivity index (χ0) is 23.7. The quantitative estimate of drug-likeness (QED) is 0.511. The van der Waals surface area contributed by atoms with E-state index in [4.69, 9.17) is 24.7 Å². The van der Waals surface area contributed by atoms with E-state index in [1.54, 1.807) is 0 Å². The van der Waals surface area contributed by atoms with Gasteiger partial charge < -0.3 is 29.2 Å². The number of nitrogens with one attached hydrogen (secondary N) is 1. The molecule has 180 valence electrons. The normalized spacial score (nSPS) is 17.0. The fourth-order valence-electron chi connectivity index (χ4n) is 4.51. The van der Waals surface area contributed by atoms with E-state index in [9.17, 15) is 4.79 Å². The van der Waals surface area contributed by atoms with Gasteiger partial charge in [0.2, 0.25) is 0 Å². The Morgan fingerprint density at radius 1 is 1.12 bits per heavy atom. The van der Waals surface area contributed by atoms with Gasteiger partial charge in [-0.2, -0.15) is 0 Å². The Kier molecular flexibility index (Phi) is 6.34. The number of carbonyl (C=O) groups excluding carboxylic acids is 1. The lowest BCUT2D eigenvalue weighted by Crippen LogP contribution is -2.33. The molecule has 1 saturated heterocycles. The van der Waals surface area contributed by atoms with E-state index < -0.39 is 6.09 Å². The maximum atomic E-state index is 11.9. The molecule has 3 aromatic rings. The summed E-state index contributed by atoms with van der Waals surface area (Å²) in [5.41, 5.74) is 11.2. The molecule has 1 aliphatic carbocycles. The van der Waals surface area contributed by atoms with Crippen LogP contribution in [0, 0.1) is 0 Å². The van der Waals surface area contributed by atoms with Crippen LogP contribution in [0.4, 0.5) is 16.2 Å². The molecule has 8 heteroatoms. The molecular weight excluding hydrogens is 434 g/mol. The maximum Gasteiger partial charge on any atom is 0.411 e. The van der Waals surface area contributed by atoms with E-state index >= 15 is 0 Å². The number of hydrogen-bond acceptors (Lipinski definition) is 6. The van der Waals surface area contributed by atoms with Crippen molar-refractivity contribution in [3.05, 3.63) is 42.5 Å². The van der Waals surface area contributed by atoms with Gasteiger partial charge in [0.05, 0.1) is 36.2 Å². The number of anilines is 2. The average Bonchev–Trinajstić information content (AvgIpc) is 3.05. The van der Waals surface area contributed by atoms with Gasteiger partial charge in [-0.15, -0.1) is 0 Å². The van der Waals surface area contributed by atoms with Gasteiger partial charge in [0.25, 0.3) is 0 Å². The van der Waals surface area contributed by atoms with Gasteiger partial charge in [0.1, 0.15) is 18.6 Å². The maximum absolute atomic E-state index is 11.9. The Bertz CT molecular complexity index is 1160. The number of amides is 1. The summed E-state index contributed by atoms with van der Waals surface area (Å²) in [6.07, 6.45) is 2.67. The van der Waals surface area contributed by atoms with Gasteiger partial charge in [0, 0.05) is 28.7 Å². The van der Waals surface area contributed by atoms with Gasteiger partial charge in [0.15, 0.2) is 0 Å². The highest BCUT2D eigenvalue weighted by Gasteiger charge is 2.27. The standard InChI is InChI=1S/C26H31N3O5/c1-16(2)33-26(30)28-18-8-6-17(7-9-18)25-24(27)22-11-10-20(34-21-13-31-15-32-14-21)12-23(22)29(25)19-4-3-5-19/h6-12,16,19,21H,3-5,13-15,27H2,1-2H3,(H,28,30). The third-order valence-corrected chi connectivity index (χ3v) is 6.28. The molecule has 0 bridgehead atoms. The largest absolute Gasteiger partial charge is 0.486 e. The van der Waals surface area contributed by atoms with E-state index in [0.717, 1.165) is 46.4 Å². The molecule has 1 saturated carbocycles. The topological polar surface area (TPSA) is 97.0 Å². The second-order valence-corrected chi connectivity index (χ2v) is 9.15.